The van der Waals surface area contributed by atoms with E-state index in [0.717, 1.165) is 11.1 Å². The van der Waals surface area contributed by atoms with Crippen molar-refractivity contribution in [1.29, 1.82) is 5.26 Å². The Morgan fingerprint density at radius 2 is 1.46 bits per heavy atom. The first-order valence-corrected chi connectivity index (χ1v) is 8.11. The number of carbonyl (C=O) groups is 1. The minimum absolute atomic E-state index is 0.118. The van der Waals surface area contributed by atoms with Gasteiger partial charge in [-0.1, -0.05) is 60.7 Å². The Balaban J connectivity index is 1.77. The second kappa shape index (κ2) is 9.46. The molecule has 4 heteroatoms. The first-order valence-electron chi connectivity index (χ1n) is 8.11. The molecule has 0 aliphatic heterocycles. The Morgan fingerprint density at radius 3 is 1.96 bits per heavy atom. The van der Waals surface area contributed by atoms with Gasteiger partial charge in [0.15, 0.2) is 6.17 Å². The maximum Gasteiger partial charge on any atom is 0.255 e. The van der Waals surface area contributed by atoms with Crippen LogP contribution in [0.2, 0.25) is 0 Å². The molecule has 1 amide bonds. The number of nitrogens with zero attached hydrogens (tertiary/aromatic N) is 1. The summed E-state index contributed by atoms with van der Waals surface area (Å²) < 4.78 is 14.0. The Labute approximate surface area is 142 Å². The van der Waals surface area contributed by atoms with Crippen molar-refractivity contribution >= 4 is 5.91 Å². The summed E-state index contributed by atoms with van der Waals surface area (Å²) in [7, 11) is 0. The lowest BCUT2D eigenvalue weighted by atomic mass is 10.0. The van der Waals surface area contributed by atoms with Gasteiger partial charge < -0.3 is 5.32 Å². The molecule has 0 aromatic heterocycles. The van der Waals surface area contributed by atoms with Crippen LogP contribution in [0.25, 0.3) is 0 Å². The summed E-state index contributed by atoms with van der Waals surface area (Å²) in [5.41, 5.74) is 2.08. The van der Waals surface area contributed by atoms with Crippen molar-refractivity contribution < 1.29 is 9.18 Å². The number of alkyl halides is 1. The van der Waals surface area contributed by atoms with Crippen LogP contribution in [0.1, 0.15) is 24.0 Å². The van der Waals surface area contributed by atoms with E-state index in [1.165, 1.54) is 0 Å². The van der Waals surface area contributed by atoms with Gasteiger partial charge in [-0.3, -0.25) is 4.79 Å². The number of nitriles is 1. The van der Waals surface area contributed by atoms with E-state index in [1.54, 1.807) is 0 Å². The van der Waals surface area contributed by atoms with Gasteiger partial charge in [-0.2, -0.15) is 5.26 Å². The third-order valence-electron chi connectivity index (χ3n) is 3.85. The zero-order chi connectivity index (χ0) is 17.2. The van der Waals surface area contributed by atoms with Crippen molar-refractivity contribution in [2.45, 2.75) is 37.9 Å². The standard InChI is InChI=1S/C20H21FN2O/c21-19(14-12-17-9-5-2-6-10-17)20(24)23-18(15-22)13-11-16-7-3-1-4-8-16/h1-10,18-19H,11-14H2,(H,23,24)/t18-,19?/m0/s1. The maximum absolute atomic E-state index is 14.0. The average molecular weight is 324 g/mol. The molecule has 0 bridgehead atoms. The highest BCUT2D eigenvalue weighted by Gasteiger charge is 2.20. The minimum atomic E-state index is -1.60. The van der Waals surface area contributed by atoms with E-state index < -0.39 is 18.1 Å². The summed E-state index contributed by atoms with van der Waals surface area (Å²) in [4.78, 5) is 11.9. The Kier molecular flexibility index (Phi) is 6.97. The predicted molar refractivity (Wildman–Crippen MR) is 92.0 cm³/mol. The molecule has 2 aromatic carbocycles. The average Bonchev–Trinajstić information content (AvgIpc) is 2.64. The molecule has 0 saturated heterocycles. The Morgan fingerprint density at radius 1 is 0.958 bits per heavy atom. The van der Waals surface area contributed by atoms with E-state index in [2.05, 4.69) is 5.32 Å². The van der Waals surface area contributed by atoms with Crippen molar-refractivity contribution in [3.63, 3.8) is 0 Å². The zero-order valence-electron chi connectivity index (χ0n) is 13.5. The Bertz CT molecular complexity index is 667. The van der Waals surface area contributed by atoms with Crippen molar-refractivity contribution in [3.8, 4) is 6.07 Å². The van der Waals surface area contributed by atoms with Crippen LogP contribution in [0.3, 0.4) is 0 Å². The summed E-state index contributed by atoms with van der Waals surface area (Å²) in [5, 5.41) is 11.7. The minimum Gasteiger partial charge on any atom is -0.338 e. The summed E-state index contributed by atoms with van der Waals surface area (Å²) in [6.07, 6.45) is 0.152. The number of benzene rings is 2. The number of halogens is 1. The van der Waals surface area contributed by atoms with Gasteiger partial charge in [0.05, 0.1) is 6.07 Å². The zero-order valence-corrected chi connectivity index (χ0v) is 13.5. The van der Waals surface area contributed by atoms with Gasteiger partial charge >= 0.3 is 0 Å². The number of hydrogen-bond acceptors (Lipinski definition) is 2. The van der Waals surface area contributed by atoms with Crippen LogP contribution >= 0.6 is 0 Å². The van der Waals surface area contributed by atoms with E-state index in [1.807, 2.05) is 66.7 Å². The van der Waals surface area contributed by atoms with Gasteiger partial charge in [-0.15, -0.1) is 0 Å². The Hall–Kier alpha value is -2.67. The molecule has 0 radical (unpaired) electrons. The van der Waals surface area contributed by atoms with Crippen molar-refractivity contribution in [2.24, 2.45) is 0 Å². The van der Waals surface area contributed by atoms with Crippen LogP contribution in [0.15, 0.2) is 60.7 Å². The lowest BCUT2D eigenvalue weighted by Gasteiger charge is -2.14. The number of rotatable bonds is 8. The monoisotopic (exact) mass is 324 g/mol. The summed E-state index contributed by atoms with van der Waals surface area (Å²) >= 11 is 0. The van der Waals surface area contributed by atoms with Gasteiger partial charge in [0.1, 0.15) is 6.04 Å². The quantitative estimate of drug-likeness (QED) is 0.806. The lowest BCUT2D eigenvalue weighted by molar-refractivity contribution is -0.126. The number of amides is 1. The topological polar surface area (TPSA) is 52.9 Å². The molecule has 1 N–H and O–H groups in total. The molecule has 1 unspecified atom stereocenters. The summed E-state index contributed by atoms with van der Waals surface area (Å²) in [6, 6.07) is 20.6. The first kappa shape index (κ1) is 17.7. The van der Waals surface area contributed by atoms with Crippen molar-refractivity contribution in [1.82, 2.24) is 5.32 Å². The van der Waals surface area contributed by atoms with Crippen molar-refractivity contribution in [2.75, 3.05) is 0 Å². The molecular weight excluding hydrogens is 303 g/mol. The van der Waals surface area contributed by atoms with Crippen molar-refractivity contribution in [3.05, 3.63) is 71.8 Å². The molecule has 24 heavy (non-hydrogen) atoms. The number of carbonyl (C=O) groups excluding carboxylic acids is 1. The first-order chi connectivity index (χ1) is 11.7. The SMILES string of the molecule is N#C[C@H](CCc1ccccc1)NC(=O)C(F)CCc1ccccc1. The normalized spacial score (nSPS) is 12.8. The number of nitrogens with one attached hydrogen (secondary N) is 1. The molecule has 0 fully saturated rings. The van der Waals surface area contributed by atoms with Crippen LogP contribution in [-0.2, 0) is 17.6 Å². The van der Waals surface area contributed by atoms with Crippen LogP contribution in [0.4, 0.5) is 4.39 Å². The smallest absolute Gasteiger partial charge is 0.255 e. The van der Waals surface area contributed by atoms with E-state index >= 15 is 0 Å². The molecule has 0 aliphatic carbocycles. The van der Waals surface area contributed by atoms with Gasteiger partial charge in [-0.05, 0) is 36.8 Å². The fourth-order valence-electron chi connectivity index (χ4n) is 2.46. The molecule has 2 atom stereocenters. The molecule has 0 spiro atoms. The fraction of sp³-hybridized carbons (Fsp3) is 0.300. The maximum atomic E-state index is 14.0. The molecule has 2 aromatic rings. The second-order valence-corrected chi connectivity index (χ2v) is 5.71. The molecule has 2 rings (SSSR count). The third kappa shape index (κ3) is 5.85. The fourth-order valence-corrected chi connectivity index (χ4v) is 2.46. The summed E-state index contributed by atoms with van der Waals surface area (Å²) in [6.45, 7) is 0. The van der Waals surface area contributed by atoms with E-state index in [-0.39, 0.29) is 6.42 Å². The largest absolute Gasteiger partial charge is 0.338 e. The van der Waals surface area contributed by atoms with E-state index in [9.17, 15) is 9.18 Å². The highest BCUT2D eigenvalue weighted by atomic mass is 19.1. The van der Waals surface area contributed by atoms with Gasteiger partial charge in [0.25, 0.3) is 5.91 Å². The van der Waals surface area contributed by atoms with Gasteiger partial charge in [0.2, 0.25) is 0 Å². The highest BCUT2D eigenvalue weighted by molar-refractivity contribution is 5.81. The molecule has 124 valence electrons. The number of hydrogen-bond donors (Lipinski definition) is 1. The van der Waals surface area contributed by atoms with E-state index in [4.69, 9.17) is 5.26 Å². The van der Waals surface area contributed by atoms with Gasteiger partial charge in [-0.25, -0.2) is 4.39 Å². The highest BCUT2D eigenvalue weighted by Crippen LogP contribution is 2.09. The van der Waals surface area contributed by atoms with Gasteiger partial charge in [0, 0.05) is 0 Å². The summed E-state index contributed by atoms with van der Waals surface area (Å²) in [5.74, 6) is -0.703. The molecule has 3 nitrogen and oxygen atoms in total. The van der Waals surface area contributed by atoms with E-state index in [0.29, 0.717) is 19.3 Å². The third-order valence-corrected chi connectivity index (χ3v) is 3.85. The molecular formula is C20H21FN2O. The number of aryl methyl sites for hydroxylation is 2. The molecule has 0 aliphatic rings. The lowest BCUT2D eigenvalue weighted by Crippen LogP contribution is -2.39. The second-order valence-electron chi connectivity index (χ2n) is 5.71. The molecule has 0 saturated carbocycles. The van der Waals surface area contributed by atoms with Crippen LogP contribution in [-0.4, -0.2) is 18.1 Å². The van der Waals surface area contributed by atoms with Crippen LogP contribution in [0, 0.1) is 11.3 Å². The predicted octanol–water partition coefficient (Wildman–Crippen LogP) is 3.60. The van der Waals surface area contributed by atoms with Crippen LogP contribution < -0.4 is 5.32 Å². The van der Waals surface area contributed by atoms with Crippen LogP contribution in [0.5, 0.6) is 0 Å². The molecule has 0 heterocycles.